The number of nitrogens with one attached hydrogen (secondary N) is 1. The monoisotopic (exact) mass is 363 g/mol. The van der Waals surface area contributed by atoms with Crippen molar-refractivity contribution >= 4 is 11.6 Å². The Morgan fingerprint density at radius 2 is 1.93 bits per heavy atom. The van der Waals surface area contributed by atoms with Gasteiger partial charge in [0.1, 0.15) is 12.1 Å². The fourth-order valence-corrected chi connectivity index (χ4v) is 3.24. The molecule has 1 amide bonds. The van der Waals surface area contributed by atoms with Gasteiger partial charge in [-0.25, -0.2) is 4.68 Å². The van der Waals surface area contributed by atoms with Crippen molar-refractivity contribution in [3.05, 3.63) is 59.9 Å². The molecule has 1 aliphatic rings. The number of hydrogen-bond acceptors (Lipinski definition) is 5. The van der Waals surface area contributed by atoms with Crippen molar-refractivity contribution in [2.24, 2.45) is 0 Å². The van der Waals surface area contributed by atoms with E-state index < -0.39 is 0 Å². The van der Waals surface area contributed by atoms with Crippen LogP contribution in [0.1, 0.15) is 41.6 Å². The third-order valence-electron chi connectivity index (χ3n) is 4.80. The molecule has 0 bridgehead atoms. The van der Waals surface area contributed by atoms with Crippen molar-refractivity contribution < 1.29 is 9.53 Å². The van der Waals surface area contributed by atoms with Crippen LogP contribution in [0.25, 0.3) is 5.69 Å². The number of anilines is 1. The first-order chi connectivity index (χ1) is 13.2. The molecule has 2 aromatic carbocycles. The molecule has 0 unspecified atom stereocenters. The highest BCUT2D eigenvalue weighted by atomic mass is 16.5. The highest BCUT2D eigenvalue weighted by Gasteiger charge is 2.16. The summed E-state index contributed by atoms with van der Waals surface area (Å²) in [5.41, 5.74) is 3.04. The zero-order valence-electron chi connectivity index (χ0n) is 15.1. The van der Waals surface area contributed by atoms with Gasteiger partial charge >= 0.3 is 0 Å². The molecule has 7 nitrogen and oxygen atoms in total. The van der Waals surface area contributed by atoms with Gasteiger partial charge in [-0.1, -0.05) is 6.07 Å². The van der Waals surface area contributed by atoms with Gasteiger partial charge in [0.2, 0.25) is 0 Å². The Morgan fingerprint density at radius 1 is 1.15 bits per heavy atom. The van der Waals surface area contributed by atoms with Crippen LogP contribution in [-0.4, -0.2) is 32.2 Å². The molecule has 3 aromatic rings. The average molecular weight is 363 g/mol. The molecule has 0 spiro atoms. The summed E-state index contributed by atoms with van der Waals surface area (Å²) in [7, 11) is 0. The summed E-state index contributed by atoms with van der Waals surface area (Å²) in [5.74, 6) is 0.648. The van der Waals surface area contributed by atoms with Crippen LogP contribution in [0.2, 0.25) is 0 Å². The highest BCUT2D eigenvalue weighted by molar-refractivity contribution is 6.04. The average Bonchev–Trinajstić information content (AvgIpc) is 3.38. The molecule has 7 heteroatoms. The van der Waals surface area contributed by atoms with Gasteiger partial charge in [0.05, 0.1) is 11.8 Å². The Kier molecular flexibility index (Phi) is 4.82. The van der Waals surface area contributed by atoms with Gasteiger partial charge < -0.3 is 10.1 Å². The molecule has 0 radical (unpaired) electrons. The molecule has 0 saturated heterocycles. The number of carbonyl (C=O) groups excluding carboxylic acids is 1. The number of aromatic nitrogens is 4. The van der Waals surface area contributed by atoms with Crippen molar-refractivity contribution in [3.8, 4) is 11.4 Å². The molecule has 1 aromatic heterocycles. The summed E-state index contributed by atoms with van der Waals surface area (Å²) in [5, 5.41) is 14.1. The van der Waals surface area contributed by atoms with Crippen LogP contribution >= 0.6 is 0 Å². The quantitative estimate of drug-likeness (QED) is 0.750. The molecule has 0 atom stereocenters. The van der Waals surface area contributed by atoms with E-state index in [-0.39, 0.29) is 5.91 Å². The molecule has 1 saturated carbocycles. The fraction of sp³-hybridized carbons (Fsp3) is 0.300. The number of aryl methyl sites for hydroxylation is 1. The van der Waals surface area contributed by atoms with Crippen LogP contribution < -0.4 is 10.1 Å². The van der Waals surface area contributed by atoms with E-state index in [2.05, 4.69) is 20.8 Å². The Balaban J connectivity index is 1.46. The van der Waals surface area contributed by atoms with Gasteiger partial charge in [-0.05, 0) is 85.0 Å². The number of amides is 1. The Bertz CT molecular complexity index is 916. The Hall–Kier alpha value is -3.22. The normalized spacial score (nSPS) is 14.3. The van der Waals surface area contributed by atoms with Crippen molar-refractivity contribution in [1.29, 1.82) is 0 Å². The molecule has 1 heterocycles. The number of nitrogens with zero attached hydrogens (tertiary/aromatic N) is 4. The molecule has 27 heavy (non-hydrogen) atoms. The van der Waals surface area contributed by atoms with E-state index >= 15 is 0 Å². The first kappa shape index (κ1) is 17.2. The maximum atomic E-state index is 12.6. The second kappa shape index (κ2) is 7.57. The topological polar surface area (TPSA) is 81.9 Å². The van der Waals surface area contributed by atoms with Gasteiger partial charge in [-0.2, -0.15) is 0 Å². The standard InChI is InChI=1S/C20H21N5O2/c1-14-6-9-16(25-13-21-23-24-25)12-19(14)22-20(26)15-7-10-18(11-8-15)27-17-4-2-3-5-17/h6-13,17H,2-5H2,1H3,(H,22,26). The van der Waals surface area contributed by atoms with Crippen LogP contribution in [0, 0.1) is 6.92 Å². The van der Waals surface area contributed by atoms with Gasteiger partial charge in [-0.15, -0.1) is 5.10 Å². The largest absolute Gasteiger partial charge is 0.490 e. The summed E-state index contributed by atoms with van der Waals surface area (Å²) >= 11 is 0. The van der Waals surface area contributed by atoms with Crippen LogP contribution in [0.5, 0.6) is 5.75 Å². The summed E-state index contributed by atoms with van der Waals surface area (Å²) in [6, 6.07) is 13.0. The smallest absolute Gasteiger partial charge is 0.255 e. The van der Waals surface area contributed by atoms with E-state index in [0.717, 1.165) is 35.5 Å². The molecule has 1 fully saturated rings. The van der Waals surface area contributed by atoms with Gasteiger partial charge in [-0.3, -0.25) is 4.79 Å². The third kappa shape index (κ3) is 3.97. The predicted octanol–water partition coefficient (Wildman–Crippen LogP) is 3.54. The second-order valence-electron chi connectivity index (χ2n) is 6.76. The zero-order chi connectivity index (χ0) is 18.6. The second-order valence-corrected chi connectivity index (χ2v) is 6.76. The molecule has 1 aliphatic carbocycles. The van der Waals surface area contributed by atoms with Crippen LogP contribution in [-0.2, 0) is 0 Å². The lowest BCUT2D eigenvalue weighted by Crippen LogP contribution is -2.14. The molecular formula is C20H21N5O2. The minimum absolute atomic E-state index is 0.167. The SMILES string of the molecule is Cc1ccc(-n2cnnn2)cc1NC(=O)c1ccc(OC2CCCC2)cc1. The van der Waals surface area contributed by atoms with Crippen molar-refractivity contribution in [2.75, 3.05) is 5.32 Å². The molecule has 4 rings (SSSR count). The number of benzene rings is 2. The summed E-state index contributed by atoms with van der Waals surface area (Å²) in [6.45, 7) is 1.94. The number of tetrazole rings is 1. The Labute approximate surface area is 157 Å². The van der Waals surface area contributed by atoms with E-state index in [1.807, 2.05) is 37.3 Å². The summed E-state index contributed by atoms with van der Waals surface area (Å²) < 4.78 is 7.50. The molecule has 0 aliphatic heterocycles. The molecule has 1 N–H and O–H groups in total. The van der Waals surface area contributed by atoms with Crippen molar-refractivity contribution in [2.45, 2.75) is 38.7 Å². The lowest BCUT2D eigenvalue weighted by atomic mass is 10.1. The number of hydrogen-bond donors (Lipinski definition) is 1. The van der Waals surface area contributed by atoms with Crippen molar-refractivity contribution in [1.82, 2.24) is 20.2 Å². The summed E-state index contributed by atoms with van der Waals surface area (Å²) in [4.78, 5) is 12.6. The first-order valence-electron chi connectivity index (χ1n) is 9.11. The molecule has 138 valence electrons. The number of ether oxygens (including phenoxy) is 1. The van der Waals surface area contributed by atoms with Crippen LogP contribution in [0.4, 0.5) is 5.69 Å². The van der Waals surface area contributed by atoms with E-state index in [4.69, 9.17) is 4.74 Å². The summed E-state index contributed by atoms with van der Waals surface area (Å²) in [6.07, 6.45) is 6.50. The van der Waals surface area contributed by atoms with E-state index in [1.54, 1.807) is 16.8 Å². The van der Waals surface area contributed by atoms with Crippen LogP contribution in [0.3, 0.4) is 0 Å². The maximum Gasteiger partial charge on any atom is 0.255 e. The van der Waals surface area contributed by atoms with E-state index in [9.17, 15) is 4.79 Å². The minimum Gasteiger partial charge on any atom is -0.490 e. The van der Waals surface area contributed by atoms with E-state index in [1.165, 1.54) is 19.2 Å². The number of carbonyl (C=O) groups is 1. The first-order valence-corrected chi connectivity index (χ1v) is 9.11. The number of rotatable bonds is 5. The van der Waals surface area contributed by atoms with Gasteiger partial charge in [0, 0.05) is 11.3 Å². The maximum absolute atomic E-state index is 12.6. The Morgan fingerprint density at radius 3 is 2.63 bits per heavy atom. The lowest BCUT2D eigenvalue weighted by Gasteiger charge is -2.14. The highest BCUT2D eigenvalue weighted by Crippen LogP contribution is 2.25. The van der Waals surface area contributed by atoms with Crippen molar-refractivity contribution in [3.63, 3.8) is 0 Å². The van der Waals surface area contributed by atoms with Gasteiger partial charge in [0.15, 0.2) is 0 Å². The predicted molar refractivity (Wildman–Crippen MR) is 101 cm³/mol. The zero-order valence-corrected chi connectivity index (χ0v) is 15.1. The fourth-order valence-electron chi connectivity index (χ4n) is 3.24. The lowest BCUT2D eigenvalue weighted by molar-refractivity contribution is 0.102. The third-order valence-corrected chi connectivity index (χ3v) is 4.80. The molecular weight excluding hydrogens is 342 g/mol. The minimum atomic E-state index is -0.167. The van der Waals surface area contributed by atoms with Crippen LogP contribution in [0.15, 0.2) is 48.8 Å². The van der Waals surface area contributed by atoms with E-state index in [0.29, 0.717) is 11.7 Å². The van der Waals surface area contributed by atoms with Gasteiger partial charge in [0.25, 0.3) is 5.91 Å².